The molecule has 1 unspecified atom stereocenters. The van der Waals surface area contributed by atoms with Crippen LogP contribution in [0.25, 0.3) is 0 Å². The quantitative estimate of drug-likeness (QED) is 0.748. The topological polar surface area (TPSA) is 81.8 Å². The highest BCUT2D eigenvalue weighted by molar-refractivity contribution is 6.09. The van der Waals surface area contributed by atoms with Crippen molar-refractivity contribution in [2.45, 2.75) is 51.2 Å². The van der Waals surface area contributed by atoms with Crippen molar-refractivity contribution < 1.29 is 18.8 Å². The number of urea groups is 1. The van der Waals surface area contributed by atoms with Crippen molar-refractivity contribution in [2.75, 3.05) is 19.6 Å². The maximum atomic E-state index is 13.2. The molecule has 0 radical (unpaired) electrons. The molecule has 3 rings (SSSR count). The summed E-state index contributed by atoms with van der Waals surface area (Å²) in [5.74, 6) is -1.30. The number of likely N-dealkylation sites (tertiary alicyclic amines) is 1. The Labute approximate surface area is 164 Å². The van der Waals surface area contributed by atoms with Crippen LogP contribution in [0.15, 0.2) is 24.3 Å². The van der Waals surface area contributed by atoms with Crippen LogP contribution in [0.2, 0.25) is 0 Å². The van der Waals surface area contributed by atoms with Crippen LogP contribution in [0.5, 0.6) is 0 Å². The van der Waals surface area contributed by atoms with Crippen molar-refractivity contribution >= 4 is 17.8 Å². The van der Waals surface area contributed by atoms with Crippen LogP contribution in [0, 0.1) is 5.82 Å². The SMILES string of the molecule is CC(C)N1CCC(NC(=O)CN2C(=O)NC(C)(c3ccc(F)cc3)C2=O)CC1. The Morgan fingerprint density at radius 1 is 1.25 bits per heavy atom. The molecule has 2 aliphatic rings. The van der Waals surface area contributed by atoms with E-state index in [-0.39, 0.29) is 18.5 Å². The van der Waals surface area contributed by atoms with Crippen LogP contribution >= 0.6 is 0 Å². The van der Waals surface area contributed by atoms with Gasteiger partial charge in [0.05, 0.1) is 0 Å². The number of carbonyl (C=O) groups is 3. The summed E-state index contributed by atoms with van der Waals surface area (Å²) in [5, 5.41) is 5.55. The molecule has 2 fully saturated rings. The zero-order valence-electron chi connectivity index (χ0n) is 16.5. The molecule has 152 valence electrons. The van der Waals surface area contributed by atoms with Crippen molar-refractivity contribution in [2.24, 2.45) is 0 Å². The molecular weight excluding hydrogens is 363 g/mol. The average Bonchev–Trinajstić information content (AvgIpc) is 2.86. The lowest BCUT2D eigenvalue weighted by Crippen LogP contribution is -2.49. The second-order valence-electron chi connectivity index (χ2n) is 7.92. The van der Waals surface area contributed by atoms with Crippen LogP contribution in [-0.4, -0.2) is 59.4 Å². The number of piperidine rings is 1. The predicted octanol–water partition coefficient (Wildman–Crippen LogP) is 1.58. The van der Waals surface area contributed by atoms with E-state index in [1.165, 1.54) is 24.3 Å². The van der Waals surface area contributed by atoms with E-state index in [9.17, 15) is 18.8 Å². The molecule has 1 aromatic carbocycles. The number of hydrogen-bond acceptors (Lipinski definition) is 4. The fraction of sp³-hybridized carbons (Fsp3) is 0.550. The molecule has 7 nitrogen and oxygen atoms in total. The van der Waals surface area contributed by atoms with Crippen LogP contribution < -0.4 is 10.6 Å². The Morgan fingerprint density at radius 2 is 1.86 bits per heavy atom. The van der Waals surface area contributed by atoms with Gasteiger partial charge in [-0.25, -0.2) is 9.18 Å². The number of carbonyl (C=O) groups excluding carboxylic acids is 3. The minimum absolute atomic E-state index is 0.0479. The third-order valence-electron chi connectivity index (χ3n) is 5.62. The Hall–Kier alpha value is -2.48. The molecule has 8 heteroatoms. The average molecular weight is 390 g/mol. The molecule has 2 saturated heterocycles. The minimum atomic E-state index is -1.31. The van der Waals surface area contributed by atoms with Gasteiger partial charge in [0.1, 0.15) is 17.9 Å². The first kappa shape index (κ1) is 20.3. The van der Waals surface area contributed by atoms with Gasteiger partial charge in [-0.1, -0.05) is 12.1 Å². The molecular formula is C20H27FN4O3. The van der Waals surface area contributed by atoms with Crippen molar-refractivity contribution in [3.05, 3.63) is 35.6 Å². The summed E-state index contributed by atoms with van der Waals surface area (Å²) in [5.41, 5.74) is -0.843. The molecule has 4 amide bonds. The first-order chi connectivity index (χ1) is 13.2. The van der Waals surface area contributed by atoms with E-state index < -0.39 is 23.3 Å². The summed E-state index contributed by atoms with van der Waals surface area (Å²) >= 11 is 0. The maximum Gasteiger partial charge on any atom is 0.325 e. The van der Waals surface area contributed by atoms with Crippen LogP contribution in [0.4, 0.5) is 9.18 Å². The number of imide groups is 1. The molecule has 1 aromatic rings. The zero-order valence-corrected chi connectivity index (χ0v) is 16.5. The van der Waals surface area contributed by atoms with Crippen molar-refractivity contribution in [3.63, 3.8) is 0 Å². The summed E-state index contributed by atoms with van der Waals surface area (Å²) in [4.78, 5) is 40.8. The van der Waals surface area contributed by atoms with Gasteiger partial charge < -0.3 is 15.5 Å². The number of nitrogens with zero attached hydrogens (tertiary/aromatic N) is 2. The summed E-state index contributed by atoms with van der Waals surface area (Å²) < 4.78 is 13.2. The second kappa shape index (κ2) is 7.87. The maximum absolute atomic E-state index is 13.2. The first-order valence-corrected chi connectivity index (χ1v) is 9.64. The molecule has 0 spiro atoms. The number of amides is 4. The predicted molar refractivity (Wildman–Crippen MR) is 102 cm³/mol. The van der Waals surface area contributed by atoms with Crippen LogP contribution in [0.3, 0.4) is 0 Å². The standard InChI is InChI=1S/C20H27FN4O3/c1-13(2)24-10-8-16(9-11-24)22-17(26)12-25-18(27)20(3,23-19(25)28)14-4-6-15(21)7-5-14/h4-7,13,16H,8-12H2,1-3H3,(H,22,26)(H,23,28). The lowest BCUT2D eigenvalue weighted by molar-refractivity contribution is -0.135. The van der Waals surface area contributed by atoms with E-state index in [1.54, 1.807) is 6.92 Å². The molecule has 0 saturated carbocycles. The van der Waals surface area contributed by atoms with Gasteiger partial charge in [0.15, 0.2) is 0 Å². The third kappa shape index (κ3) is 4.01. The lowest BCUT2D eigenvalue weighted by atomic mass is 9.92. The Kier molecular flexibility index (Phi) is 5.69. The summed E-state index contributed by atoms with van der Waals surface area (Å²) in [6.45, 7) is 7.35. The lowest BCUT2D eigenvalue weighted by Gasteiger charge is -2.35. The van der Waals surface area contributed by atoms with Crippen LogP contribution in [0.1, 0.15) is 39.2 Å². The molecule has 2 aliphatic heterocycles. The number of halogens is 1. The van der Waals surface area contributed by atoms with E-state index in [0.29, 0.717) is 11.6 Å². The Morgan fingerprint density at radius 3 is 2.43 bits per heavy atom. The van der Waals surface area contributed by atoms with Gasteiger partial charge in [0.25, 0.3) is 5.91 Å². The second-order valence-corrected chi connectivity index (χ2v) is 7.92. The Bertz CT molecular complexity index is 759. The first-order valence-electron chi connectivity index (χ1n) is 9.64. The van der Waals surface area contributed by atoms with E-state index in [2.05, 4.69) is 29.4 Å². The largest absolute Gasteiger partial charge is 0.352 e. The minimum Gasteiger partial charge on any atom is -0.352 e. The fourth-order valence-electron chi connectivity index (χ4n) is 3.80. The van der Waals surface area contributed by atoms with Crippen molar-refractivity contribution in [1.29, 1.82) is 0 Å². The molecule has 0 aromatic heterocycles. The zero-order chi connectivity index (χ0) is 20.5. The summed E-state index contributed by atoms with van der Waals surface area (Å²) in [6.07, 6.45) is 1.69. The molecule has 1 atom stereocenters. The highest BCUT2D eigenvalue weighted by atomic mass is 19.1. The smallest absolute Gasteiger partial charge is 0.325 e. The number of rotatable bonds is 5. The van der Waals surface area contributed by atoms with Gasteiger partial charge in [-0.3, -0.25) is 14.5 Å². The highest BCUT2D eigenvalue weighted by Gasteiger charge is 2.49. The van der Waals surface area contributed by atoms with Crippen molar-refractivity contribution in [3.8, 4) is 0 Å². The molecule has 2 heterocycles. The summed E-state index contributed by atoms with van der Waals surface area (Å²) in [7, 11) is 0. The van der Waals surface area contributed by atoms with E-state index in [1.807, 2.05) is 0 Å². The highest BCUT2D eigenvalue weighted by Crippen LogP contribution is 2.28. The van der Waals surface area contributed by atoms with Gasteiger partial charge in [0.2, 0.25) is 5.91 Å². The van der Waals surface area contributed by atoms with Crippen LogP contribution in [-0.2, 0) is 15.1 Å². The van der Waals surface area contributed by atoms with Gasteiger partial charge in [-0.2, -0.15) is 0 Å². The van der Waals surface area contributed by atoms with Gasteiger partial charge in [0, 0.05) is 25.2 Å². The Balaban J connectivity index is 1.60. The van der Waals surface area contributed by atoms with Gasteiger partial charge in [-0.15, -0.1) is 0 Å². The molecule has 0 aliphatic carbocycles. The van der Waals surface area contributed by atoms with E-state index in [4.69, 9.17) is 0 Å². The van der Waals surface area contributed by atoms with E-state index in [0.717, 1.165) is 30.8 Å². The van der Waals surface area contributed by atoms with Gasteiger partial charge >= 0.3 is 6.03 Å². The number of hydrogen-bond donors (Lipinski definition) is 2. The number of benzene rings is 1. The molecule has 2 N–H and O–H groups in total. The van der Waals surface area contributed by atoms with E-state index >= 15 is 0 Å². The monoisotopic (exact) mass is 390 g/mol. The van der Waals surface area contributed by atoms with Crippen molar-refractivity contribution in [1.82, 2.24) is 20.4 Å². The normalized spacial score (nSPS) is 24.0. The summed E-state index contributed by atoms with van der Waals surface area (Å²) in [6, 6.07) is 5.29. The third-order valence-corrected chi connectivity index (χ3v) is 5.62. The van der Waals surface area contributed by atoms with Gasteiger partial charge in [-0.05, 0) is 51.3 Å². The fourth-order valence-corrected chi connectivity index (χ4v) is 3.80. The molecule has 0 bridgehead atoms. The molecule has 28 heavy (non-hydrogen) atoms. The number of nitrogens with one attached hydrogen (secondary N) is 2.